The molecular formula is C9H9FO3S. The Bertz CT molecular complexity index is 312. The minimum Gasteiger partial charge on any atom is -0.476 e. The van der Waals surface area contributed by atoms with E-state index in [1.807, 2.05) is 6.26 Å². The van der Waals surface area contributed by atoms with Crippen molar-refractivity contribution in [2.75, 3.05) is 6.26 Å². The van der Waals surface area contributed by atoms with Crippen LogP contribution in [0.2, 0.25) is 0 Å². The summed E-state index contributed by atoms with van der Waals surface area (Å²) < 4.78 is 17.1. The van der Waals surface area contributed by atoms with Gasteiger partial charge in [-0.15, -0.1) is 11.8 Å². The molecule has 0 amide bonds. The lowest BCUT2D eigenvalue weighted by Crippen LogP contribution is -2.21. The Labute approximate surface area is 84.9 Å². The van der Waals surface area contributed by atoms with Crippen LogP contribution in [0, 0.1) is 0 Å². The predicted octanol–water partition coefficient (Wildman–Crippen LogP) is 2.17. The molecule has 3 nitrogen and oxygen atoms in total. The van der Waals surface area contributed by atoms with Crippen LogP contribution in [0.4, 0.5) is 4.39 Å². The number of aliphatic carboxylic acids is 1. The molecule has 1 unspecified atom stereocenters. The highest BCUT2D eigenvalue weighted by atomic mass is 32.2. The molecule has 1 atom stereocenters. The summed E-state index contributed by atoms with van der Waals surface area (Å²) >= 11 is 1.54. The van der Waals surface area contributed by atoms with Gasteiger partial charge in [-0.2, -0.15) is 4.39 Å². The highest BCUT2D eigenvalue weighted by Crippen LogP contribution is 2.19. The Morgan fingerprint density at radius 1 is 1.50 bits per heavy atom. The van der Waals surface area contributed by atoms with Crippen molar-refractivity contribution >= 4 is 17.7 Å². The van der Waals surface area contributed by atoms with E-state index < -0.39 is 12.3 Å². The molecule has 0 aliphatic carbocycles. The van der Waals surface area contributed by atoms with Gasteiger partial charge >= 0.3 is 12.3 Å². The van der Waals surface area contributed by atoms with E-state index in [2.05, 4.69) is 4.74 Å². The van der Waals surface area contributed by atoms with Crippen molar-refractivity contribution in [3.05, 3.63) is 24.3 Å². The normalized spacial score (nSPS) is 12.1. The maximum Gasteiger partial charge on any atom is 0.378 e. The third-order valence-corrected chi connectivity index (χ3v) is 2.24. The Kier molecular flexibility index (Phi) is 3.76. The molecule has 76 valence electrons. The molecule has 1 rings (SSSR count). The van der Waals surface area contributed by atoms with Crippen LogP contribution in [0.15, 0.2) is 29.2 Å². The standard InChI is InChI=1S/C9H9FO3S/c1-14-7-4-2-6(3-5-7)13-8(10)9(11)12/h2-5,8H,1H3,(H,11,12). The van der Waals surface area contributed by atoms with Crippen LogP contribution in [0.1, 0.15) is 0 Å². The molecule has 0 aliphatic rings. The van der Waals surface area contributed by atoms with Gasteiger partial charge in [-0.1, -0.05) is 0 Å². The van der Waals surface area contributed by atoms with Crippen molar-refractivity contribution < 1.29 is 19.0 Å². The smallest absolute Gasteiger partial charge is 0.378 e. The second-order valence-corrected chi connectivity index (χ2v) is 3.33. The van der Waals surface area contributed by atoms with Gasteiger partial charge in [0.05, 0.1) is 0 Å². The van der Waals surface area contributed by atoms with Gasteiger partial charge < -0.3 is 9.84 Å². The Balaban J connectivity index is 2.64. The number of hydrogen-bond donors (Lipinski definition) is 1. The minimum absolute atomic E-state index is 0.206. The molecule has 0 spiro atoms. The van der Waals surface area contributed by atoms with Crippen LogP contribution >= 0.6 is 11.8 Å². The molecule has 0 saturated heterocycles. The Hall–Kier alpha value is -1.23. The van der Waals surface area contributed by atoms with Crippen LogP contribution in [-0.2, 0) is 4.79 Å². The molecule has 1 aromatic carbocycles. The fourth-order valence-electron chi connectivity index (χ4n) is 0.824. The summed E-state index contributed by atoms with van der Waals surface area (Å²) in [5.41, 5.74) is 0. The number of alkyl halides is 1. The lowest BCUT2D eigenvalue weighted by Gasteiger charge is -2.07. The molecule has 14 heavy (non-hydrogen) atoms. The minimum atomic E-state index is -2.31. The Morgan fingerprint density at radius 3 is 2.50 bits per heavy atom. The van der Waals surface area contributed by atoms with Gasteiger partial charge in [-0.05, 0) is 30.5 Å². The van der Waals surface area contributed by atoms with Gasteiger partial charge in [0.15, 0.2) is 0 Å². The first-order chi connectivity index (χ1) is 6.63. The summed E-state index contributed by atoms with van der Waals surface area (Å²) in [5, 5.41) is 8.24. The van der Waals surface area contributed by atoms with E-state index in [1.54, 1.807) is 12.1 Å². The molecule has 0 aliphatic heterocycles. The second kappa shape index (κ2) is 4.85. The molecule has 1 N–H and O–H groups in total. The van der Waals surface area contributed by atoms with Crippen molar-refractivity contribution in [3.8, 4) is 5.75 Å². The van der Waals surface area contributed by atoms with E-state index in [0.717, 1.165) is 4.90 Å². The fraction of sp³-hybridized carbons (Fsp3) is 0.222. The number of carbonyl (C=O) groups is 1. The van der Waals surface area contributed by atoms with Crippen LogP contribution < -0.4 is 4.74 Å². The summed E-state index contributed by atoms with van der Waals surface area (Å²) in [7, 11) is 0. The first kappa shape index (κ1) is 10.8. The summed E-state index contributed by atoms with van der Waals surface area (Å²) in [4.78, 5) is 11.1. The van der Waals surface area contributed by atoms with Gasteiger partial charge in [-0.3, -0.25) is 0 Å². The molecule has 0 heterocycles. The highest BCUT2D eigenvalue weighted by Gasteiger charge is 2.16. The first-order valence-corrected chi connectivity index (χ1v) is 5.03. The van der Waals surface area contributed by atoms with E-state index in [1.165, 1.54) is 23.9 Å². The van der Waals surface area contributed by atoms with Gasteiger partial charge in [0.1, 0.15) is 5.75 Å². The molecule has 0 aromatic heterocycles. The third kappa shape index (κ3) is 2.92. The maximum absolute atomic E-state index is 12.6. The topological polar surface area (TPSA) is 46.5 Å². The quantitative estimate of drug-likeness (QED) is 0.783. The van der Waals surface area contributed by atoms with Crippen molar-refractivity contribution in [1.29, 1.82) is 0 Å². The van der Waals surface area contributed by atoms with E-state index in [-0.39, 0.29) is 5.75 Å². The molecule has 0 saturated carbocycles. The summed E-state index contributed by atoms with van der Waals surface area (Å²) in [6, 6.07) is 6.52. The van der Waals surface area contributed by atoms with Gasteiger partial charge in [0, 0.05) is 4.90 Å². The van der Waals surface area contributed by atoms with Crippen LogP contribution in [0.25, 0.3) is 0 Å². The zero-order valence-electron chi connectivity index (χ0n) is 7.44. The highest BCUT2D eigenvalue weighted by molar-refractivity contribution is 7.98. The van der Waals surface area contributed by atoms with E-state index in [4.69, 9.17) is 5.11 Å². The van der Waals surface area contributed by atoms with Crippen molar-refractivity contribution in [1.82, 2.24) is 0 Å². The SMILES string of the molecule is CSc1ccc(OC(F)C(=O)O)cc1. The molecular weight excluding hydrogens is 207 g/mol. The number of benzene rings is 1. The van der Waals surface area contributed by atoms with Crippen LogP contribution in [0.5, 0.6) is 5.75 Å². The molecule has 0 radical (unpaired) electrons. The number of ether oxygens (including phenoxy) is 1. The number of rotatable bonds is 4. The molecule has 0 bridgehead atoms. The summed E-state index contributed by atoms with van der Waals surface area (Å²) in [6.07, 6.45) is -0.402. The zero-order chi connectivity index (χ0) is 10.6. The monoisotopic (exact) mass is 216 g/mol. The van der Waals surface area contributed by atoms with Crippen LogP contribution in [0.3, 0.4) is 0 Å². The lowest BCUT2D eigenvalue weighted by molar-refractivity contribution is -0.153. The van der Waals surface area contributed by atoms with E-state index in [0.29, 0.717) is 0 Å². The first-order valence-electron chi connectivity index (χ1n) is 3.81. The summed E-state index contributed by atoms with van der Waals surface area (Å²) in [5.74, 6) is -1.42. The number of carboxylic acid groups (broad SMARTS) is 1. The van der Waals surface area contributed by atoms with E-state index >= 15 is 0 Å². The number of hydrogen-bond acceptors (Lipinski definition) is 3. The maximum atomic E-state index is 12.6. The largest absolute Gasteiger partial charge is 0.476 e. The van der Waals surface area contributed by atoms with Gasteiger partial charge in [0.25, 0.3) is 0 Å². The Morgan fingerprint density at radius 2 is 2.07 bits per heavy atom. The number of thioether (sulfide) groups is 1. The van der Waals surface area contributed by atoms with Crippen LogP contribution in [-0.4, -0.2) is 23.7 Å². The van der Waals surface area contributed by atoms with Crippen molar-refractivity contribution in [3.63, 3.8) is 0 Å². The van der Waals surface area contributed by atoms with Gasteiger partial charge in [-0.25, -0.2) is 4.79 Å². The molecule has 5 heteroatoms. The molecule has 1 aromatic rings. The van der Waals surface area contributed by atoms with Crippen molar-refractivity contribution in [2.45, 2.75) is 11.3 Å². The average molecular weight is 216 g/mol. The third-order valence-electron chi connectivity index (χ3n) is 1.49. The van der Waals surface area contributed by atoms with Gasteiger partial charge in [0.2, 0.25) is 0 Å². The lowest BCUT2D eigenvalue weighted by atomic mass is 10.3. The average Bonchev–Trinajstić information content (AvgIpc) is 2.19. The fourth-order valence-corrected chi connectivity index (χ4v) is 1.23. The number of carboxylic acids is 1. The second-order valence-electron chi connectivity index (χ2n) is 2.45. The van der Waals surface area contributed by atoms with E-state index in [9.17, 15) is 9.18 Å². The summed E-state index contributed by atoms with van der Waals surface area (Å²) in [6.45, 7) is 0. The van der Waals surface area contributed by atoms with Crippen molar-refractivity contribution in [2.24, 2.45) is 0 Å². The number of halogens is 1. The zero-order valence-corrected chi connectivity index (χ0v) is 8.25. The molecule has 0 fully saturated rings. The predicted molar refractivity (Wildman–Crippen MR) is 51.4 cm³/mol.